The lowest BCUT2D eigenvalue weighted by atomic mass is 10.1. The number of benzene rings is 1. The second-order valence-corrected chi connectivity index (χ2v) is 6.86. The molecule has 2 rings (SSSR count). The molecule has 0 aromatic heterocycles. The molecule has 0 aliphatic carbocycles. The molecule has 1 aromatic rings. The minimum atomic E-state index is -0.101. The Balaban J connectivity index is 1.64. The van der Waals surface area contributed by atoms with Gasteiger partial charge in [0.05, 0.1) is 13.2 Å². The van der Waals surface area contributed by atoms with E-state index in [0.717, 1.165) is 57.3 Å². The van der Waals surface area contributed by atoms with E-state index >= 15 is 0 Å². The zero-order valence-corrected chi connectivity index (χ0v) is 17.8. The molecule has 0 saturated carbocycles. The number of aliphatic imine (C=N–C) groups is 1. The number of methoxy groups -OCH3 is 2. The largest absolute Gasteiger partial charge is 0.497 e. The Kier molecular flexibility index (Phi) is 10.3. The first-order valence-electron chi connectivity index (χ1n) is 10.2. The second-order valence-electron chi connectivity index (χ2n) is 6.86. The van der Waals surface area contributed by atoms with Crippen LogP contribution in [0.5, 0.6) is 5.75 Å². The summed E-state index contributed by atoms with van der Waals surface area (Å²) in [5, 5.41) is 6.24. The zero-order chi connectivity index (χ0) is 20.9. The minimum Gasteiger partial charge on any atom is -0.497 e. The van der Waals surface area contributed by atoms with Crippen molar-refractivity contribution in [1.29, 1.82) is 0 Å². The van der Waals surface area contributed by atoms with Gasteiger partial charge in [-0.15, -0.1) is 0 Å². The number of piperidine rings is 1. The molecule has 0 spiro atoms. The highest BCUT2D eigenvalue weighted by atomic mass is 16.5. The predicted molar refractivity (Wildman–Crippen MR) is 114 cm³/mol. The topological polar surface area (TPSA) is 84.4 Å². The number of amides is 1. The maximum absolute atomic E-state index is 12.2. The first kappa shape index (κ1) is 23.0. The number of ether oxygens (including phenoxy) is 3. The van der Waals surface area contributed by atoms with Crippen LogP contribution in [0.3, 0.4) is 0 Å². The van der Waals surface area contributed by atoms with Crippen LogP contribution in [-0.4, -0.2) is 83.5 Å². The first-order valence-corrected chi connectivity index (χ1v) is 10.2. The van der Waals surface area contributed by atoms with Crippen LogP contribution in [0.2, 0.25) is 0 Å². The summed E-state index contributed by atoms with van der Waals surface area (Å²) in [6, 6.07) is 7.06. The lowest BCUT2D eigenvalue weighted by Crippen LogP contribution is -2.48. The first-order chi connectivity index (χ1) is 14.2. The summed E-state index contributed by atoms with van der Waals surface area (Å²) < 4.78 is 16.1. The van der Waals surface area contributed by atoms with Crippen LogP contribution in [-0.2, 0) is 9.47 Å². The maximum atomic E-state index is 12.2. The number of hydrogen-bond donors (Lipinski definition) is 2. The number of carbonyl (C=O) groups is 1. The van der Waals surface area contributed by atoms with Gasteiger partial charge in [0.25, 0.3) is 5.91 Å². The van der Waals surface area contributed by atoms with Gasteiger partial charge in [0.15, 0.2) is 5.96 Å². The van der Waals surface area contributed by atoms with Crippen molar-refractivity contribution in [3.05, 3.63) is 29.8 Å². The van der Waals surface area contributed by atoms with Crippen molar-refractivity contribution >= 4 is 11.9 Å². The van der Waals surface area contributed by atoms with Gasteiger partial charge in [-0.3, -0.25) is 9.79 Å². The fourth-order valence-corrected chi connectivity index (χ4v) is 3.21. The molecule has 1 aliphatic rings. The molecule has 0 atom stereocenters. The molecule has 1 saturated heterocycles. The van der Waals surface area contributed by atoms with E-state index in [1.54, 1.807) is 45.5 Å². The van der Waals surface area contributed by atoms with E-state index in [9.17, 15) is 4.79 Å². The van der Waals surface area contributed by atoms with Crippen molar-refractivity contribution in [2.45, 2.75) is 25.4 Å². The Morgan fingerprint density at radius 2 is 1.79 bits per heavy atom. The van der Waals surface area contributed by atoms with Gasteiger partial charge >= 0.3 is 0 Å². The van der Waals surface area contributed by atoms with Gasteiger partial charge in [0.2, 0.25) is 0 Å². The van der Waals surface area contributed by atoms with Crippen LogP contribution >= 0.6 is 0 Å². The van der Waals surface area contributed by atoms with E-state index in [4.69, 9.17) is 14.2 Å². The average molecular weight is 407 g/mol. The highest BCUT2D eigenvalue weighted by molar-refractivity contribution is 5.94. The Bertz CT molecular complexity index is 628. The van der Waals surface area contributed by atoms with E-state index in [0.29, 0.717) is 24.8 Å². The predicted octanol–water partition coefficient (Wildman–Crippen LogP) is 1.52. The lowest BCUT2D eigenvalue weighted by molar-refractivity contribution is 0.00991. The molecule has 162 valence electrons. The van der Waals surface area contributed by atoms with E-state index in [-0.39, 0.29) is 5.91 Å². The Morgan fingerprint density at radius 1 is 1.10 bits per heavy atom. The van der Waals surface area contributed by atoms with Gasteiger partial charge in [0.1, 0.15) is 5.75 Å². The van der Waals surface area contributed by atoms with E-state index in [1.807, 2.05) is 0 Å². The van der Waals surface area contributed by atoms with Gasteiger partial charge < -0.3 is 29.7 Å². The van der Waals surface area contributed by atoms with Crippen LogP contribution in [0.25, 0.3) is 0 Å². The molecule has 0 bridgehead atoms. The van der Waals surface area contributed by atoms with Gasteiger partial charge in [-0.1, -0.05) is 0 Å². The third-order valence-corrected chi connectivity index (χ3v) is 4.85. The summed E-state index contributed by atoms with van der Waals surface area (Å²) in [6.07, 6.45) is 3.22. The molecule has 1 amide bonds. The van der Waals surface area contributed by atoms with Crippen molar-refractivity contribution in [3.8, 4) is 5.75 Å². The SMILES string of the molecule is CN=C(NCCNC(=O)c1ccc(OC)cc1)N1CCC(OCCCOC)CC1. The van der Waals surface area contributed by atoms with Crippen LogP contribution in [0, 0.1) is 0 Å². The summed E-state index contributed by atoms with van der Waals surface area (Å²) in [7, 11) is 5.10. The van der Waals surface area contributed by atoms with Crippen molar-refractivity contribution in [1.82, 2.24) is 15.5 Å². The highest BCUT2D eigenvalue weighted by Crippen LogP contribution is 2.14. The molecular weight excluding hydrogens is 372 g/mol. The van der Waals surface area contributed by atoms with E-state index in [1.165, 1.54) is 0 Å². The molecule has 1 heterocycles. The fraction of sp³-hybridized carbons (Fsp3) is 0.619. The summed E-state index contributed by atoms with van der Waals surface area (Å²) in [5.74, 6) is 1.49. The number of nitrogens with one attached hydrogen (secondary N) is 2. The van der Waals surface area contributed by atoms with Gasteiger partial charge in [-0.25, -0.2) is 0 Å². The third-order valence-electron chi connectivity index (χ3n) is 4.85. The molecule has 29 heavy (non-hydrogen) atoms. The second kappa shape index (κ2) is 13.0. The number of likely N-dealkylation sites (tertiary alicyclic amines) is 1. The maximum Gasteiger partial charge on any atom is 0.251 e. The number of guanidine groups is 1. The van der Waals surface area contributed by atoms with Gasteiger partial charge in [-0.2, -0.15) is 0 Å². The van der Waals surface area contributed by atoms with Crippen LogP contribution in [0.15, 0.2) is 29.3 Å². The van der Waals surface area contributed by atoms with Crippen LogP contribution in [0.1, 0.15) is 29.6 Å². The van der Waals surface area contributed by atoms with Gasteiger partial charge in [-0.05, 0) is 43.5 Å². The minimum absolute atomic E-state index is 0.101. The number of carbonyl (C=O) groups excluding carboxylic acids is 1. The van der Waals surface area contributed by atoms with Crippen molar-refractivity contribution in [3.63, 3.8) is 0 Å². The summed E-state index contributed by atoms with van der Waals surface area (Å²) in [5.41, 5.74) is 0.614. The normalized spacial score (nSPS) is 15.3. The average Bonchev–Trinajstić information content (AvgIpc) is 2.77. The Hall–Kier alpha value is -2.32. The van der Waals surface area contributed by atoms with E-state index < -0.39 is 0 Å². The number of hydrogen-bond acceptors (Lipinski definition) is 5. The summed E-state index contributed by atoms with van der Waals surface area (Å²) in [4.78, 5) is 18.8. The smallest absolute Gasteiger partial charge is 0.251 e. The zero-order valence-electron chi connectivity index (χ0n) is 17.8. The molecule has 8 nitrogen and oxygen atoms in total. The molecule has 0 radical (unpaired) electrons. The van der Waals surface area contributed by atoms with Crippen molar-refractivity contribution < 1.29 is 19.0 Å². The highest BCUT2D eigenvalue weighted by Gasteiger charge is 2.21. The molecular formula is C21H34N4O4. The van der Waals surface area contributed by atoms with Crippen molar-refractivity contribution in [2.75, 3.05) is 60.7 Å². The molecule has 1 aromatic carbocycles. The fourth-order valence-electron chi connectivity index (χ4n) is 3.21. The lowest BCUT2D eigenvalue weighted by Gasteiger charge is -2.34. The Morgan fingerprint density at radius 3 is 2.41 bits per heavy atom. The van der Waals surface area contributed by atoms with E-state index in [2.05, 4.69) is 20.5 Å². The summed E-state index contributed by atoms with van der Waals surface area (Å²) in [6.45, 7) is 4.44. The number of nitrogens with zero attached hydrogens (tertiary/aromatic N) is 2. The Labute approximate surface area is 173 Å². The monoisotopic (exact) mass is 406 g/mol. The molecule has 1 fully saturated rings. The quantitative estimate of drug-likeness (QED) is 0.348. The number of rotatable bonds is 10. The van der Waals surface area contributed by atoms with Crippen molar-refractivity contribution in [2.24, 2.45) is 4.99 Å². The molecule has 8 heteroatoms. The molecule has 0 unspecified atom stereocenters. The third kappa shape index (κ3) is 7.91. The van der Waals surface area contributed by atoms with Crippen LogP contribution in [0.4, 0.5) is 0 Å². The van der Waals surface area contributed by atoms with Gasteiger partial charge in [0, 0.05) is 59.1 Å². The molecule has 2 N–H and O–H groups in total. The standard InChI is InChI=1S/C21H34N4O4/c1-22-21(25-13-9-19(10-14-25)29-16-4-15-27-2)24-12-11-23-20(26)17-5-7-18(28-3)8-6-17/h5-8,19H,4,9-16H2,1-3H3,(H,22,24)(H,23,26). The molecule has 1 aliphatic heterocycles. The van der Waals surface area contributed by atoms with Crippen LogP contribution < -0.4 is 15.4 Å². The summed E-state index contributed by atoms with van der Waals surface area (Å²) >= 11 is 0.